The van der Waals surface area contributed by atoms with E-state index in [0.717, 1.165) is 9.35 Å². The summed E-state index contributed by atoms with van der Waals surface area (Å²) in [5, 5.41) is 12.2. The Bertz CT molecular complexity index is 291. The molecular formula is C11H15BrOS. The number of aliphatic hydroxyl groups excluding tert-OH is 1. The van der Waals surface area contributed by atoms with Crippen molar-refractivity contribution in [2.75, 3.05) is 0 Å². The lowest BCUT2D eigenvalue weighted by atomic mass is 9.85. The van der Waals surface area contributed by atoms with Gasteiger partial charge < -0.3 is 5.11 Å². The summed E-state index contributed by atoms with van der Waals surface area (Å²) in [4.78, 5) is 1.11. The van der Waals surface area contributed by atoms with Crippen molar-refractivity contribution in [3.05, 3.63) is 20.8 Å². The summed E-state index contributed by atoms with van der Waals surface area (Å²) in [5.74, 6) is 0.495. The molecule has 1 aliphatic carbocycles. The number of hydrogen-bond acceptors (Lipinski definition) is 2. The first-order chi connectivity index (χ1) is 6.77. The summed E-state index contributed by atoms with van der Waals surface area (Å²) in [6, 6.07) is 2.05. The van der Waals surface area contributed by atoms with Crippen LogP contribution in [0.1, 0.15) is 43.1 Å². The van der Waals surface area contributed by atoms with Gasteiger partial charge in [-0.25, -0.2) is 0 Å². The molecule has 1 aliphatic rings. The molecule has 0 saturated heterocycles. The Morgan fingerprint density at radius 3 is 2.64 bits per heavy atom. The van der Waals surface area contributed by atoms with Crippen molar-refractivity contribution in [1.29, 1.82) is 0 Å². The third-order valence-corrected chi connectivity index (χ3v) is 4.74. The number of thiophene rings is 1. The van der Waals surface area contributed by atoms with Gasteiger partial charge >= 0.3 is 0 Å². The van der Waals surface area contributed by atoms with Crippen LogP contribution in [-0.4, -0.2) is 5.11 Å². The first kappa shape index (κ1) is 10.7. The lowest BCUT2D eigenvalue weighted by molar-refractivity contribution is 0.0879. The minimum absolute atomic E-state index is 0.230. The van der Waals surface area contributed by atoms with Crippen LogP contribution in [0.5, 0.6) is 0 Å². The SMILES string of the molecule is OC(c1cc(Br)cs1)C1CCCCC1. The van der Waals surface area contributed by atoms with E-state index >= 15 is 0 Å². The molecule has 0 aromatic carbocycles. The summed E-state index contributed by atoms with van der Waals surface area (Å²) in [6.45, 7) is 0. The Morgan fingerprint density at radius 1 is 1.36 bits per heavy atom. The summed E-state index contributed by atoms with van der Waals surface area (Å²) in [7, 11) is 0. The van der Waals surface area contributed by atoms with Crippen LogP contribution in [0.25, 0.3) is 0 Å². The van der Waals surface area contributed by atoms with Gasteiger partial charge in [0.05, 0.1) is 6.10 Å². The second-order valence-corrected chi connectivity index (χ2v) is 5.87. The summed E-state index contributed by atoms with van der Waals surface area (Å²) < 4.78 is 1.09. The fourth-order valence-electron chi connectivity index (χ4n) is 2.17. The third-order valence-electron chi connectivity index (χ3n) is 2.98. The van der Waals surface area contributed by atoms with Crippen molar-refractivity contribution in [2.24, 2.45) is 5.92 Å². The molecule has 1 aromatic rings. The monoisotopic (exact) mass is 274 g/mol. The molecule has 1 N–H and O–H groups in total. The maximum absolute atomic E-state index is 10.1. The molecular weight excluding hydrogens is 260 g/mol. The van der Waals surface area contributed by atoms with Crippen LogP contribution in [-0.2, 0) is 0 Å². The van der Waals surface area contributed by atoms with Gasteiger partial charge in [-0.1, -0.05) is 19.3 Å². The van der Waals surface area contributed by atoms with Crippen LogP contribution in [0.4, 0.5) is 0 Å². The highest BCUT2D eigenvalue weighted by molar-refractivity contribution is 9.10. The lowest BCUT2D eigenvalue weighted by Gasteiger charge is -2.25. The molecule has 78 valence electrons. The zero-order chi connectivity index (χ0) is 9.97. The number of aliphatic hydroxyl groups is 1. The molecule has 1 aromatic heterocycles. The number of hydrogen-bond donors (Lipinski definition) is 1. The minimum Gasteiger partial charge on any atom is -0.387 e. The quantitative estimate of drug-likeness (QED) is 0.860. The highest BCUT2D eigenvalue weighted by atomic mass is 79.9. The normalized spacial score (nSPS) is 21.0. The van der Waals surface area contributed by atoms with E-state index < -0.39 is 0 Å². The van der Waals surface area contributed by atoms with Gasteiger partial charge in [0.25, 0.3) is 0 Å². The van der Waals surface area contributed by atoms with Crippen molar-refractivity contribution in [3.8, 4) is 0 Å². The van der Waals surface area contributed by atoms with Crippen LogP contribution in [0.3, 0.4) is 0 Å². The van der Waals surface area contributed by atoms with E-state index in [1.165, 1.54) is 32.1 Å². The van der Waals surface area contributed by atoms with E-state index in [2.05, 4.69) is 15.9 Å². The van der Waals surface area contributed by atoms with E-state index in [1.807, 2.05) is 11.4 Å². The van der Waals surface area contributed by atoms with Gasteiger partial charge in [0.2, 0.25) is 0 Å². The van der Waals surface area contributed by atoms with Gasteiger partial charge in [-0.2, -0.15) is 0 Å². The van der Waals surface area contributed by atoms with E-state index in [0.29, 0.717) is 5.92 Å². The van der Waals surface area contributed by atoms with Crippen molar-refractivity contribution in [1.82, 2.24) is 0 Å². The molecule has 0 aliphatic heterocycles. The maximum Gasteiger partial charge on any atom is 0.0910 e. The molecule has 0 amide bonds. The number of halogens is 1. The van der Waals surface area contributed by atoms with E-state index in [4.69, 9.17) is 0 Å². The van der Waals surface area contributed by atoms with Gasteiger partial charge in [-0.15, -0.1) is 11.3 Å². The molecule has 1 unspecified atom stereocenters. The smallest absolute Gasteiger partial charge is 0.0910 e. The van der Waals surface area contributed by atoms with E-state index in [9.17, 15) is 5.11 Å². The van der Waals surface area contributed by atoms with Crippen molar-refractivity contribution in [2.45, 2.75) is 38.2 Å². The molecule has 0 spiro atoms. The topological polar surface area (TPSA) is 20.2 Å². The Hall–Kier alpha value is 0.140. The van der Waals surface area contributed by atoms with Gasteiger partial charge in [0.15, 0.2) is 0 Å². The predicted molar refractivity (Wildman–Crippen MR) is 63.6 cm³/mol. The molecule has 1 saturated carbocycles. The molecule has 0 bridgehead atoms. The van der Waals surface area contributed by atoms with Crippen molar-refractivity contribution in [3.63, 3.8) is 0 Å². The molecule has 1 heterocycles. The van der Waals surface area contributed by atoms with Crippen molar-refractivity contribution < 1.29 is 5.11 Å². The van der Waals surface area contributed by atoms with Crippen LogP contribution in [0.2, 0.25) is 0 Å². The molecule has 2 rings (SSSR count). The van der Waals surface area contributed by atoms with E-state index in [1.54, 1.807) is 11.3 Å². The fourth-order valence-corrected chi connectivity index (χ4v) is 3.69. The first-order valence-corrected chi connectivity index (χ1v) is 6.86. The van der Waals surface area contributed by atoms with Crippen LogP contribution < -0.4 is 0 Å². The molecule has 3 heteroatoms. The lowest BCUT2D eigenvalue weighted by Crippen LogP contribution is -2.14. The van der Waals surface area contributed by atoms with Crippen LogP contribution in [0, 0.1) is 5.92 Å². The molecule has 1 fully saturated rings. The third kappa shape index (κ3) is 2.38. The summed E-state index contributed by atoms with van der Waals surface area (Å²) in [6.07, 6.45) is 6.07. The van der Waals surface area contributed by atoms with Gasteiger partial charge in [-0.05, 0) is 40.8 Å². The Labute approximate surface area is 97.3 Å². The van der Waals surface area contributed by atoms with Gasteiger partial charge in [0.1, 0.15) is 0 Å². The highest BCUT2D eigenvalue weighted by Gasteiger charge is 2.23. The second-order valence-electron chi connectivity index (χ2n) is 4.01. The molecule has 14 heavy (non-hydrogen) atoms. The minimum atomic E-state index is -0.230. The van der Waals surface area contributed by atoms with Gasteiger partial charge in [-0.3, -0.25) is 0 Å². The summed E-state index contributed by atoms with van der Waals surface area (Å²) in [5.41, 5.74) is 0. The molecule has 0 radical (unpaired) electrons. The fraction of sp³-hybridized carbons (Fsp3) is 0.636. The first-order valence-electron chi connectivity index (χ1n) is 5.19. The molecule has 1 nitrogen and oxygen atoms in total. The summed E-state index contributed by atoms with van der Waals surface area (Å²) >= 11 is 5.08. The standard InChI is InChI=1S/C11H15BrOS/c12-9-6-10(14-7-9)11(13)8-4-2-1-3-5-8/h6-8,11,13H,1-5H2. The molecule has 1 atom stereocenters. The Kier molecular flexibility index (Phi) is 3.63. The average Bonchev–Trinajstić information content (AvgIpc) is 2.65. The average molecular weight is 275 g/mol. The van der Waals surface area contributed by atoms with Gasteiger partial charge in [0, 0.05) is 14.7 Å². The van der Waals surface area contributed by atoms with E-state index in [-0.39, 0.29) is 6.10 Å². The predicted octanol–water partition coefficient (Wildman–Crippen LogP) is 4.12. The zero-order valence-electron chi connectivity index (χ0n) is 8.08. The largest absolute Gasteiger partial charge is 0.387 e. The Morgan fingerprint density at radius 2 is 2.07 bits per heavy atom. The van der Waals surface area contributed by atoms with Crippen molar-refractivity contribution >= 4 is 27.3 Å². The second kappa shape index (κ2) is 4.77. The zero-order valence-corrected chi connectivity index (χ0v) is 10.5. The highest BCUT2D eigenvalue weighted by Crippen LogP contribution is 2.37. The number of rotatable bonds is 2. The van der Waals surface area contributed by atoms with Crippen LogP contribution >= 0.6 is 27.3 Å². The maximum atomic E-state index is 10.1. The van der Waals surface area contributed by atoms with Crippen LogP contribution in [0.15, 0.2) is 15.9 Å². The Balaban J connectivity index is 2.03.